The van der Waals surface area contributed by atoms with E-state index in [0.717, 1.165) is 19.3 Å². The molecule has 1 radical (unpaired) electrons. The molecule has 1 aromatic carbocycles. The minimum absolute atomic E-state index is 0.0843. The van der Waals surface area contributed by atoms with Gasteiger partial charge in [0, 0.05) is 11.8 Å². The quantitative estimate of drug-likeness (QED) is 0.756. The van der Waals surface area contributed by atoms with Crippen LogP contribution in [-0.2, 0) is 11.2 Å². The van der Waals surface area contributed by atoms with E-state index in [-0.39, 0.29) is 10.8 Å². The SMILES string of the molecule is CC1(C)C2CCC1(Cc1cc[c]cc1)C(=O)C2. The highest BCUT2D eigenvalue weighted by Crippen LogP contribution is 2.64. The lowest BCUT2D eigenvalue weighted by Crippen LogP contribution is -2.37. The number of rotatable bonds is 2. The van der Waals surface area contributed by atoms with Crippen LogP contribution in [0.25, 0.3) is 0 Å². The molecule has 89 valence electrons. The molecule has 0 N–H and O–H groups in total. The minimum atomic E-state index is -0.0843. The van der Waals surface area contributed by atoms with Gasteiger partial charge in [-0.2, -0.15) is 0 Å². The van der Waals surface area contributed by atoms with E-state index >= 15 is 0 Å². The predicted molar refractivity (Wildman–Crippen MR) is 67.5 cm³/mol. The van der Waals surface area contributed by atoms with E-state index in [9.17, 15) is 4.79 Å². The number of hydrogen-bond acceptors (Lipinski definition) is 1. The predicted octanol–water partition coefficient (Wildman–Crippen LogP) is 3.42. The molecule has 2 saturated carbocycles. The topological polar surface area (TPSA) is 17.1 Å². The summed E-state index contributed by atoms with van der Waals surface area (Å²) < 4.78 is 0. The summed E-state index contributed by atoms with van der Waals surface area (Å²) in [4.78, 5) is 12.4. The van der Waals surface area contributed by atoms with E-state index in [2.05, 4.69) is 32.0 Å². The number of hydrogen-bond donors (Lipinski definition) is 0. The second-order valence-electron chi connectivity index (χ2n) is 6.25. The summed E-state index contributed by atoms with van der Waals surface area (Å²) in [6.45, 7) is 4.59. The summed E-state index contributed by atoms with van der Waals surface area (Å²) in [5, 5.41) is 0. The average Bonchev–Trinajstić information content (AvgIpc) is 2.64. The third kappa shape index (κ3) is 1.34. The fourth-order valence-electron chi connectivity index (χ4n) is 4.07. The third-order valence-electron chi connectivity index (χ3n) is 5.43. The molecule has 3 rings (SSSR count). The van der Waals surface area contributed by atoms with Gasteiger partial charge in [0.25, 0.3) is 0 Å². The summed E-state index contributed by atoms with van der Waals surface area (Å²) in [6.07, 6.45) is 4.05. The lowest BCUT2D eigenvalue weighted by atomic mass is 9.66. The average molecular weight is 227 g/mol. The van der Waals surface area contributed by atoms with Crippen molar-refractivity contribution in [1.82, 2.24) is 0 Å². The van der Waals surface area contributed by atoms with Gasteiger partial charge in [-0.1, -0.05) is 38.1 Å². The molecular formula is C16H19O. The molecule has 0 aliphatic heterocycles. The maximum absolute atomic E-state index is 12.4. The second-order valence-corrected chi connectivity index (χ2v) is 6.25. The Morgan fingerprint density at radius 1 is 1.35 bits per heavy atom. The molecule has 0 spiro atoms. The van der Waals surface area contributed by atoms with Crippen molar-refractivity contribution >= 4 is 5.78 Å². The van der Waals surface area contributed by atoms with E-state index in [4.69, 9.17) is 0 Å². The Morgan fingerprint density at radius 3 is 2.59 bits per heavy atom. The molecule has 1 aromatic rings. The summed E-state index contributed by atoms with van der Waals surface area (Å²) in [6, 6.07) is 11.1. The van der Waals surface area contributed by atoms with Crippen molar-refractivity contribution in [2.75, 3.05) is 0 Å². The Bertz CT molecular complexity index is 446. The van der Waals surface area contributed by atoms with Crippen LogP contribution in [-0.4, -0.2) is 5.78 Å². The first-order valence-corrected chi connectivity index (χ1v) is 6.54. The van der Waals surface area contributed by atoms with E-state index in [1.165, 1.54) is 12.0 Å². The van der Waals surface area contributed by atoms with Crippen LogP contribution in [0.15, 0.2) is 24.3 Å². The minimum Gasteiger partial charge on any atom is -0.299 e. The van der Waals surface area contributed by atoms with Crippen molar-refractivity contribution in [3.05, 3.63) is 35.9 Å². The largest absolute Gasteiger partial charge is 0.299 e. The first-order chi connectivity index (χ1) is 8.06. The normalized spacial score (nSPS) is 34.2. The molecule has 0 saturated heterocycles. The Labute approximate surface area is 103 Å². The van der Waals surface area contributed by atoms with E-state index < -0.39 is 0 Å². The van der Waals surface area contributed by atoms with Gasteiger partial charge in [0.1, 0.15) is 5.78 Å². The Hall–Kier alpha value is -1.11. The highest BCUT2D eigenvalue weighted by Gasteiger charge is 2.63. The zero-order valence-corrected chi connectivity index (χ0v) is 10.6. The van der Waals surface area contributed by atoms with E-state index in [1.54, 1.807) is 0 Å². The zero-order valence-electron chi connectivity index (χ0n) is 10.6. The van der Waals surface area contributed by atoms with Gasteiger partial charge in [-0.05, 0) is 42.2 Å². The molecule has 17 heavy (non-hydrogen) atoms. The molecule has 0 aromatic heterocycles. The summed E-state index contributed by atoms with van der Waals surface area (Å²) in [5.41, 5.74) is 1.38. The molecule has 2 bridgehead atoms. The summed E-state index contributed by atoms with van der Waals surface area (Å²) >= 11 is 0. The standard InChI is InChI=1S/C16H19O/c1-15(2)13-8-9-16(15,14(17)10-13)11-12-6-4-3-5-7-12/h4-7,13H,8-11H2,1-2H3. The Morgan fingerprint density at radius 2 is 2.06 bits per heavy atom. The van der Waals surface area contributed by atoms with Crippen LogP contribution in [0.5, 0.6) is 0 Å². The van der Waals surface area contributed by atoms with Gasteiger partial charge >= 0.3 is 0 Å². The fourth-order valence-corrected chi connectivity index (χ4v) is 4.07. The smallest absolute Gasteiger partial charge is 0.140 e. The van der Waals surface area contributed by atoms with Gasteiger partial charge < -0.3 is 0 Å². The Kier molecular flexibility index (Phi) is 2.23. The number of fused-ring (bicyclic) bond motifs is 2. The van der Waals surface area contributed by atoms with Crippen LogP contribution < -0.4 is 0 Å². The molecule has 0 heterocycles. The molecule has 2 unspecified atom stereocenters. The monoisotopic (exact) mass is 227 g/mol. The van der Waals surface area contributed by atoms with Crippen LogP contribution >= 0.6 is 0 Å². The number of carbonyl (C=O) groups is 1. The van der Waals surface area contributed by atoms with E-state index in [0.29, 0.717) is 11.7 Å². The van der Waals surface area contributed by atoms with Crippen molar-refractivity contribution in [3.63, 3.8) is 0 Å². The summed E-state index contributed by atoms with van der Waals surface area (Å²) in [5.74, 6) is 1.12. The van der Waals surface area contributed by atoms with Gasteiger partial charge in [-0.25, -0.2) is 0 Å². The van der Waals surface area contributed by atoms with Gasteiger partial charge in [0.05, 0.1) is 0 Å². The van der Waals surface area contributed by atoms with Crippen molar-refractivity contribution in [1.29, 1.82) is 0 Å². The number of benzene rings is 1. The maximum Gasteiger partial charge on any atom is 0.140 e. The highest BCUT2D eigenvalue weighted by molar-refractivity contribution is 5.90. The van der Waals surface area contributed by atoms with Crippen LogP contribution in [0.2, 0.25) is 0 Å². The van der Waals surface area contributed by atoms with Crippen molar-refractivity contribution < 1.29 is 4.79 Å². The van der Waals surface area contributed by atoms with Crippen molar-refractivity contribution in [3.8, 4) is 0 Å². The van der Waals surface area contributed by atoms with Crippen molar-refractivity contribution in [2.45, 2.75) is 39.5 Å². The molecule has 2 atom stereocenters. The molecule has 0 amide bonds. The Balaban J connectivity index is 1.98. The molecule has 2 aliphatic carbocycles. The second kappa shape index (κ2) is 3.44. The van der Waals surface area contributed by atoms with Crippen molar-refractivity contribution in [2.24, 2.45) is 16.7 Å². The summed E-state index contributed by atoms with van der Waals surface area (Å²) in [7, 11) is 0. The molecule has 1 nitrogen and oxygen atoms in total. The number of carbonyl (C=O) groups excluding carboxylic acids is 1. The van der Waals surface area contributed by atoms with Gasteiger partial charge in [-0.3, -0.25) is 4.79 Å². The molecule has 2 aliphatic rings. The molecule has 2 fully saturated rings. The van der Waals surface area contributed by atoms with Gasteiger partial charge in [0.15, 0.2) is 0 Å². The maximum atomic E-state index is 12.4. The van der Waals surface area contributed by atoms with Crippen LogP contribution in [0.3, 0.4) is 0 Å². The van der Waals surface area contributed by atoms with Crippen LogP contribution in [0.4, 0.5) is 0 Å². The van der Waals surface area contributed by atoms with E-state index in [1.807, 2.05) is 12.1 Å². The van der Waals surface area contributed by atoms with Gasteiger partial charge in [-0.15, -0.1) is 0 Å². The number of Topliss-reactive ketones (excluding diaryl/α,β-unsaturated/α-hetero) is 1. The first-order valence-electron chi connectivity index (χ1n) is 6.54. The first kappa shape index (κ1) is 11.0. The molecule has 1 heteroatoms. The van der Waals surface area contributed by atoms with Gasteiger partial charge in [0.2, 0.25) is 0 Å². The zero-order chi connectivity index (χ0) is 12.1. The lowest BCUT2D eigenvalue weighted by molar-refractivity contribution is -0.129. The van der Waals surface area contributed by atoms with Crippen LogP contribution in [0.1, 0.15) is 38.7 Å². The third-order valence-corrected chi connectivity index (χ3v) is 5.43. The fraction of sp³-hybridized carbons (Fsp3) is 0.562. The highest BCUT2D eigenvalue weighted by atomic mass is 16.1. The molecular weight excluding hydrogens is 208 g/mol. The van der Waals surface area contributed by atoms with Crippen LogP contribution in [0, 0.1) is 22.8 Å². The number of ketones is 1. The lowest BCUT2D eigenvalue weighted by Gasteiger charge is -2.36.